The molecule has 216 valence electrons. The van der Waals surface area contributed by atoms with E-state index in [4.69, 9.17) is 4.74 Å². The second-order valence-electron chi connectivity index (χ2n) is 12.9. The van der Waals surface area contributed by atoms with Crippen molar-refractivity contribution in [2.75, 3.05) is 6.61 Å². The van der Waals surface area contributed by atoms with E-state index in [0.29, 0.717) is 6.42 Å². The fourth-order valence-electron chi connectivity index (χ4n) is 8.68. The lowest BCUT2D eigenvalue weighted by atomic mass is 9.46. The van der Waals surface area contributed by atoms with Crippen LogP contribution in [0.25, 0.3) is 11.3 Å². The fourth-order valence-corrected chi connectivity index (χ4v) is 8.68. The molecule has 3 saturated carbocycles. The molecule has 2 aromatic rings. The average Bonchev–Trinajstić information content (AvgIpc) is 3.48. The van der Waals surface area contributed by atoms with Gasteiger partial charge >= 0.3 is 5.97 Å². The monoisotopic (exact) mass is 558 g/mol. The lowest BCUT2D eigenvalue weighted by molar-refractivity contribution is -0.181. The van der Waals surface area contributed by atoms with Gasteiger partial charge in [-0.15, -0.1) is 0 Å². The van der Waals surface area contributed by atoms with Crippen molar-refractivity contribution in [1.82, 2.24) is 9.78 Å². The summed E-state index contributed by atoms with van der Waals surface area (Å²) in [6, 6.07) is 9.38. The molecule has 0 aliphatic heterocycles. The molecule has 1 aromatic carbocycles. The van der Waals surface area contributed by atoms with Crippen molar-refractivity contribution in [3.05, 3.63) is 65.9 Å². The second-order valence-corrected chi connectivity index (χ2v) is 12.9. The quantitative estimate of drug-likeness (QED) is 0.519. The molecular formula is C33H38N2O6. The number of ketones is 2. The minimum atomic E-state index is -1.68. The Kier molecular flexibility index (Phi) is 6.70. The number of esters is 1. The third kappa shape index (κ3) is 4.43. The lowest BCUT2D eigenvalue weighted by Crippen LogP contribution is -2.61. The highest BCUT2D eigenvalue weighted by Crippen LogP contribution is 2.67. The first kappa shape index (κ1) is 27.8. The third-order valence-electron chi connectivity index (χ3n) is 10.8. The van der Waals surface area contributed by atoms with E-state index in [9.17, 15) is 24.6 Å². The Balaban J connectivity index is 1.14. The number of aliphatic hydroxyl groups excluding tert-OH is 1. The molecule has 0 bridgehead atoms. The second kappa shape index (κ2) is 9.88. The van der Waals surface area contributed by atoms with Gasteiger partial charge in [0.25, 0.3) is 0 Å². The van der Waals surface area contributed by atoms with Crippen LogP contribution >= 0.6 is 0 Å². The van der Waals surface area contributed by atoms with Crippen molar-refractivity contribution in [2.24, 2.45) is 35.6 Å². The Morgan fingerprint density at radius 3 is 2.76 bits per heavy atom. The molecule has 4 aliphatic rings. The van der Waals surface area contributed by atoms with Crippen LogP contribution < -0.4 is 0 Å². The molecule has 2 N–H and O–H groups in total. The summed E-state index contributed by atoms with van der Waals surface area (Å²) in [5.41, 5.74) is 0.569. The maximum absolute atomic E-state index is 13.5. The van der Waals surface area contributed by atoms with Crippen LogP contribution in [0.3, 0.4) is 0 Å². The minimum Gasteiger partial charge on any atom is -0.457 e. The number of rotatable bonds is 6. The van der Waals surface area contributed by atoms with Crippen LogP contribution in [0.1, 0.15) is 51.5 Å². The predicted molar refractivity (Wildman–Crippen MR) is 151 cm³/mol. The van der Waals surface area contributed by atoms with Crippen molar-refractivity contribution in [1.29, 1.82) is 0 Å². The van der Waals surface area contributed by atoms with Gasteiger partial charge in [0.15, 0.2) is 12.4 Å². The van der Waals surface area contributed by atoms with E-state index in [2.05, 4.69) is 12.0 Å². The number of hydrogen-bond acceptors (Lipinski definition) is 7. The molecule has 8 nitrogen and oxygen atoms in total. The molecule has 6 rings (SSSR count). The molecule has 0 amide bonds. The minimum absolute atomic E-state index is 0.000796. The summed E-state index contributed by atoms with van der Waals surface area (Å²) >= 11 is 0. The summed E-state index contributed by atoms with van der Waals surface area (Å²) in [5, 5.41) is 27.8. The average molecular weight is 559 g/mol. The number of allylic oxidation sites excluding steroid dienone is 4. The molecule has 0 saturated heterocycles. The topological polar surface area (TPSA) is 119 Å². The molecule has 1 aromatic heterocycles. The molecule has 1 heterocycles. The van der Waals surface area contributed by atoms with Gasteiger partial charge in [-0.25, -0.2) is 0 Å². The maximum atomic E-state index is 13.5. The number of hydrogen-bond donors (Lipinski definition) is 2. The van der Waals surface area contributed by atoms with Crippen LogP contribution in [0.4, 0.5) is 0 Å². The summed E-state index contributed by atoms with van der Waals surface area (Å²) in [6.45, 7) is 3.51. The number of fused-ring (bicyclic) bond motifs is 5. The van der Waals surface area contributed by atoms with Crippen molar-refractivity contribution in [3.63, 3.8) is 0 Å². The van der Waals surface area contributed by atoms with E-state index in [-0.39, 0.29) is 42.8 Å². The van der Waals surface area contributed by atoms with Crippen LogP contribution in [-0.4, -0.2) is 55.8 Å². The Bertz CT molecular complexity index is 1470. The Morgan fingerprint density at radius 2 is 2.00 bits per heavy atom. The van der Waals surface area contributed by atoms with E-state index < -0.39 is 40.9 Å². The highest BCUT2D eigenvalue weighted by molar-refractivity contribution is 6.01. The number of Topliss-reactive ketones (excluding diaryl/α,β-unsaturated/α-hetero) is 1. The Hall–Kier alpha value is -3.36. The molecule has 0 radical (unpaired) electrons. The molecular weight excluding hydrogens is 520 g/mol. The van der Waals surface area contributed by atoms with Gasteiger partial charge in [0.05, 0.1) is 18.2 Å². The first-order valence-electron chi connectivity index (χ1n) is 14.6. The van der Waals surface area contributed by atoms with Crippen LogP contribution in [0.5, 0.6) is 0 Å². The van der Waals surface area contributed by atoms with Crippen LogP contribution in [0, 0.1) is 28.6 Å². The van der Waals surface area contributed by atoms with E-state index in [1.165, 1.54) is 0 Å². The zero-order chi connectivity index (χ0) is 29.2. The molecule has 7 atom stereocenters. The number of aryl methyl sites for hydroxylation is 1. The predicted octanol–water partition coefficient (Wildman–Crippen LogP) is 3.75. The number of carbonyl (C=O) groups is 3. The number of carbonyl (C=O) groups excluding carboxylic acids is 3. The van der Waals surface area contributed by atoms with Gasteiger partial charge in [-0.1, -0.05) is 43.7 Å². The van der Waals surface area contributed by atoms with Gasteiger partial charge in [0.1, 0.15) is 5.60 Å². The highest BCUT2D eigenvalue weighted by Gasteiger charge is 2.68. The summed E-state index contributed by atoms with van der Waals surface area (Å²) < 4.78 is 7.12. The smallest absolute Gasteiger partial charge is 0.310 e. The lowest BCUT2D eigenvalue weighted by Gasteiger charge is -2.59. The number of benzene rings is 1. The molecule has 41 heavy (non-hydrogen) atoms. The largest absolute Gasteiger partial charge is 0.457 e. The zero-order valence-corrected chi connectivity index (χ0v) is 23.9. The number of aromatic nitrogens is 2. The van der Waals surface area contributed by atoms with Crippen molar-refractivity contribution >= 4 is 17.5 Å². The third-order valence-corrected chi connectivity index (χ3v) is 10.8. The Labute approximate surface area is 240 Å². The van der Waals surface area contributed by atoms with E-state index >= 15 is 0 Å². The first-order valence-corrected chi connectivity index (χ1v) is 14.6. The number of aliphatic hydroxyl groups is 2. The molecule has 6 unspecified atom stereocenters. The highest BCUT2D eigenvalue weighted by atomic mass is 16.5. The van der Waals surface area contributed by atoms with Gasteiger partial charge in [-0.3, -0.25) is 19.1 Å². The van der Waals surface area contributed by atoms with E-state index in [0.717, 1.165) is 35.2 Å². The fraction of sp³-hybridized carbons (Fsp3) is 0.515. The molecule has 0 spiro atoms. The van der Waals surface area contributed by atoms with Gasteiger partial charge in [0.2, 0.25) is 5.78 Å². The normalized spacial score (nSPS) is 35.7. The molecule has 8 heteroatoms. The molecule has 3 fully saturated rings. The van der Waals surface area contributed by atoms with Crippen LogP contribution in [-0.2, 0) is 32.6 Å². The summed E-state index contributed by atoms with van der Waals surface area (Å²) in [7, 11) is 1.84. The summed E-state index contributed by atoms with van der Waals surface area (Å²) in [4.78, 5) is 38.3. The Morgan fingerprint density at radius 1 is 1.20 bits per heavy atom. The summed E-state index contributed by atoms with van der Waals surface area (Å²) in [5.74, 6) is -0.987. The van der Waals surface area contributed by atoms with Crippen LogP contribution in [0.2, 0.25) is 0 Å². The van der Waals surface area contributed by atoms with E-state index in [1.54, 1.807) is 16.8 Å². The van der Waals surface area contributed by atoms with Crippen molar-refractivity contribution < 1.29 is 29.3 Å². The van der Waals surface area contributed by atoms with Gasteiger partial charge in [-0.05, 0) is 73.8 Å². The first-order chi connectivity index (χ1) is 19.4. The van der Waals surface area contributed by atoms with Crippen LogP contribution in [0.15, 0.2) is 60.3 Å². The SMILES string of the molecule is Cn1ccc(-c2cccc(CC(=O)OCC(=O)[C@@]3(O)CCC4C5CCC6=CC(=O)C=CC6(C)C5C(O)CC43C)c2)n1. The van der Waals surface area contributed by atoms with Gasteiger partial charge in [-0.2, -0.15) is 5.10 Å². The standard InChI is InChI=1S/C33H38N2O6/c1-31-12-9-23(36)17-22(31)7-8-24-25-10-13-33(40,32(25,2)18-27(37)30(24)31)28(38)19-41-29(39)16-20-5-4-6-21(15-20)26-11-14-35(3)34-26/h4-6,9,11-12,14-15,17,24-25,27,30,37,40H,7-8,10,13,16,18-19H2,1-3H3/t24?,25?,27?,30?,31?,32?,33-/m0/s1. The van der Waals surface area contributed by atoms with E-state index in [1.807, 2.05) is 56.6 Å². The van der Waals surface area contributed by atoms with Gasteiger partial charge < -0.3 is 14.9 Å². The number of ether oxygens (including phenoxy) is 1. The maximum Gasteiger partial charge on any atom is 0.310 e. The van der Waals surface area contributed by atoms with Crippen molar-refractivity contribution in [2.45, 2.75) is 64.1 Å². The van der Waals surface area contributed by atoms with Crippen molar-refractivity contribution in [3.8, 4) is 11.3 Å². The summed E-state index contributed by atoms with van der Waals surface area (Å²) in [6.07, 6.45) is 9.17. The zero-order valence-electron chi connectivity index (χ0n) is 23.9. The molecule has 4 aliphatic carbocycles. The number of nitrogens with zero attached hydrogens (tertiary/aromatic N) is 2. The van der Waals surface area contributed by atoms with Gasteiger partial charge in [0, 0.05) is 35.6 Å².